The summed E-state index contributed by atoms with van der Waals surface area (Å²) >= 11 is 4.89. The SMILES string of the molecule is CN(Cc1csc(Br)c1)C(=O)c1ccccc1[N+](=O)[O-]. The van der Waals surface area contributed by atoms with Crippen LogP contribution in [0.5, 0.6) is 0 Å². The predicted octanol–water partition coefficient (Wildman–Crippen LogP) is 3.69. The molecule has 0 N–H and O–H groups in total. The van der Waals surface area contributed by atoms with Crippen LogP contribution in [0.25, 0.3) is 0 Å². The zero-order valence-electron chi connectivity index (χ0n) is 10.6. The summed E-state index contributed by atoms with van der Waals surface area (Å²) in [6.07, 6.45) is 0. The molecule has 2 aromatic rings. The minimum Gasteiger partial charge on any atom is -0.337 e. The number of nitro benzene ring substituents is 1. The van der Waals surface area contributed by atoms with E-state index < -0.39 is 4.92 Å². The molecule has 0 bridgehead atoms. The van der Waals surface area contributed by atoms with Crippen molar-refractivity contribution in [1.82, 2.24) is 4.90 Å². The standard InChI is InChI=1S/C13H11BrN2O3S/c1-15(7-9-6-12(14)20-8-9)13(17)10-4-2-3-5-11(10)16(18)19/h2-6,8H,7H2,1H3. The maximum absolute atomic E-state index is 12.3. The van der Waals surface area contributed by atoms with Crippen LogP contribution in [0.4, 0.5) is 5.69 Å². The van der Waals surface area contributed by atoms with Crippen molar-refractivity contribution >= 4 is 38.9 Å². The fraction of sp³-hybridized carbons (Fsp3) is 0.154. The third kappa shape index (κ3) is 3.23. The molecule has 20 heavy (non-hydrogen) atoms. The highest BCUT2D eigenvalue weighted by Gasteiger charge is 2.22. The highest BCUT2D eigenvalue weighted by molar-refractivity contribution is 9.11. The van der Waals surface area contributed by atoms with Gasteiger partial charge in [0.25, 0.3) is 11.6 Å². The average molecular weight is 355 g/mol. The Labute approximate surface area is 128 Å². The zero-order valence-corrected chi connectivity index (χ0v) is 13.0. The number of nitro groups is 1. The van der Waals surface area contributed by atoms with E-state index in [1.165, 1.54) is 28.4 Å². The first-order chi connectivity index (χ1) is 9.49. The van der Waals surface area contributed by atoms with Crippen molar-refractivity contribution in [3.8, 4) is 0 Å². The molecule has 0 saturated carbocycles. The quantitative estimate of drug-likeness (QED) is 0.621. The molecule has 1 aromatic carbocycles. The highest BCUT2D eigenvalue weighted by Crippen LogP contribution is 2.23. The monoisotopic (exact) mass is 354 g/mol. The first kappa shape index (κ1) is 14.7. The van der Waals surface area contributed by atoms with Gasteiger partial charge in [-0.05, 0) is 39.0 Å². The van der Waals surface area contributed by atoms with Gasteiger partial charge in [-0.2, -0.15) is 0 Å². The fourth-order valence-electron chi connectivity index (χ4n) is 1.79. The number of benzene rings is 1. The number of para-hydroxylation sites is 1. The van der Waals surface area contributed by atoms with E-state index in [4.69, 9.17) is 0 Å². The Kier molecular flexibility index (Phi) is 4.51. The number of nitrogens with zero attached hydrogens (tertiary/aromatic N) is 2. The van der Waals surface area contributed by atoms with Crippen molar-refractivity contribution in [3.63, 3.8) is 0 Å². The summed E-state index contributed by atoms with van der Waals surface area (Å²) in [6, 6.07) is 7.90. The summed E-state index contributed by atoms with van der Waals surface area (Å²) in [5.74, 6) is -0.361. The minimum absolute atomic E-state index is 0.106. The molecule has 5 nitrogen and oxygen atoms in total. The van der Waals surface area contributed by atoms with Crippen molar-refractivity contribution in [1.29, 1.82) is 0 Å². The normalized spacial score (nSPS) is 10.3. The number of amides is 1. The Hall–Kier alpha value is -1.73. The molecule has 104 valence electrons. The number of carbonyl (C=O) groups is 1. The molecule has 1 heterocycles. The first-order valence-electron chi connectivity index (χ1n) is 5.71. The molecule has 0 aliphatic heterocycles. The average Bonchev–Trinajstić information content (AvgIpc) is 2.83. The lowest BCUT2D eigenvalue weighted by Gasteiger charge is -2.16. The van der Waals surface area contributed by atoms with E-state index in [2.05, 4.69) is 15.9 Å². The third-order valence-corrected chi connectivity index (χ3v) is 4.27. The van der Waals surface area contributed by atoms with E-state index in [-0.39, 0.29) is 17.2 Å². The molecule has 7 heteroatoms. The summed E-state index contributed by atoms with van der Waals surface area (Å²) in [5, 5.41) is 12.9. The van der Waals surface area contributed by atoms with Crippen molar-refractivity contribution in [2.75, 3.05) is 7.05 Å². The van der Waals surface area contributed by atoms with E-state index in [0.29, 0.717) is 6.54 Å². The van der Waals surface area contributed by atoms with Gasteiger partial charge in [-0.1, -0.05) is 12.1 Å². The maximum atomic E-state index is 12.3. The molecule has 0 aliphatic rings. The molecule has 2 rings (SSSR count). The predicted molar refractivity (Wildman–Crippen MR) is 80.9 cm³/mol. The second-order valence-electron chi connectivity index (χ2n) is 4.19. The Morgan fingerprint density at radius 1 is 1.45 bits per heavy atom. The van der Waals surface area contributed by atoms with Gasteiger partial charge in [0, 0.05) is 19.7 Å². The molecule has 0 spiro atoms. The van der Waals surface area contributed by atoms with Gasteiger partial charge in [0.05, 0.1) is 8.71 Å². The molecule has 0 atom stereocenters. The van der Waals surface area contributed by atoms with Crippen molar-refractivity contribution < 1.29 is 9.72 Å². The maximum Gasteiger partial charge on any atom is 0.282 e. The van der Waals surface area contributed by atoms with Crippen LogP contribution < -0.4 is 0 Å². The van der Waals surface area contributed by atoms with Gasteiger partial charge in [-0.3, -0.25) is 14.9 Å². The molecule has 0 unspecified atom stereocenters. The largest absolute Gasteiger partial charge is 0.337 e. The molecular weight excluding hydrogens is 344 g/mol. The second-order valence-corrected chi connectivity index (χ2v) is 6.49. The van der Waals surface area contributed by atoms with Gasteiger partial charge in [0.15, 0.2) is 0 Å². The molecule has 1 aromatic heterocycles. The molecule has 0 saturated heterocycles. The van der Waals surface area contributed by atoms with Crippen LogP contribution in [0.15, 0.2) is 39.5 Å². The van der Waals surface area contributed by atoms with Crippen LogP contribution in [0.2, 0.25) is 0 Å². The minimum atomic E-state index is -0.539. The number of hydrogen-bond donors (Lipinski definition) is 0. The zero-order chi connectivity index (χ0) is 14.7. The number of rotatable bonds is 4. The number of hydrogen-bond acceptors (Lipinski definition) is 4. The van der Waals surface area contributed by atoms with Gasteiger partial charge < -0.3 is 4.90 Å². The Morgan fingerprint density at radius 3 is 2.75 bits per heavy atom. The lowest BCUT2D eigenvalue weighted by molar-refractivity contribution is -0.385. The second kappa shape index (κ2) is 6.15. The van der Waals surface area contributed by atoms with Crippen LogP contribution in [0.1, 0.15) is 15.9 Å². The smallest absolute Gasteiger partial charge is 0.282 e. The van der Waals surface area contributed by atoms with Crippen LogP contribution in [-0.2, 0) is 6.54 Å². The first-order valence-corrected chi connectivity index (χ1v) is 7.38. The summed E-state index contributed by atoms with van der Waals surface area (Å²) in [4.78, 5) is 24.2. The van der Waals surface area contributed by atoms with Gasteiger partial charge in [-0.25, -0.2) is 0 Å². The van der Waals surface area contributed by atoms with Crippen molar-refractivity contribution in [3.05, 3.63) is 60.7 Å². The van der Waals surface area contributed by atoms with E-state index >= 15 is 0 Å². The Bertz CT molecular complexity index is 657. The Balaban J connectivity index is 2.20. The molecule has 1 amide bonds. The van der Waals surface area contributed by atoms with E-state index in [1.54, 1.807) is 19.2 Å². The van der Waals surface area contributed by atoms with Crippen molar-refractivity contribution in [2.24, 2.45) is 0 Å². The molecule has 0 aliphatic carbocycles. The lowest BCUT2D eigenvalue weighted by atomic mass is 10.1. The summed E-state index contributed by atoms with van der Waals surface area (Å²) in [6.45, 7) is 0.410. The number of thiophene rings is 1. The van der Waals surface area contributed by atoms with Crippen molar-refractivity contribution in [2.45, 2.75) is 6.54 Å². The van der Waals surface area contributed by atoms with E-state index in [1.807, 2.05) is 11.4 Å². The van der Waals surface area contributed by atoms with Crippen LogP contribution in [0.3, 0.4) is 0 Å². The van der Waals surface area contributed by atoms with E-state index in [0.717, 1.165) is 9.35 Å². The molecule has 0 fully saturated rings. The van der Waals surface area contributed by atoms with E-state index in [9.17, 15) is 14.9 Å². The summed E-state index contributed by atoms with van der Waals surface area (Å²) in [5.41, 5.74) is 0.918. The lowest BCUT2D eigenvalue weighted by Crippen LogP contribution is -2.26. The van der Waals surface area contributed by atoms with Gasteiger partial charge in [0.2, 0.25) is 0 Å². The van der Waals surface area contributed by atoms with Gasteiger partial charge in [0.1, 0.15) is 5.56 Å². The number of carbonyl (C=O) groups excluding carboxylic acids is 1. The number of halogens is 1. The van der Waals surface area contributed by atoms with Crippen LogP contribution >= 0.6 is 27.3 Å². The van der Waals surface area contributed by atoms with Crippen LogP contribution in [-0.4, -0.2) is 22.8 Å². The van der Waals surface area contributed by atoms with Crippen LogP contribution in [0, 0.1) is 10.1 Å². The Morgan fingerprint density at radius 2 is 2.15 bits per heavy atom. The topological polar surface area (TPSA) is 63.5 Å². The summed E-state index contributed by atoms with van der Waals surface area (Å²) < 4.78 is 0.985. The van der Waals surface area contributed by atoms with Gasteiger partial charge in [-0.15, -0.1) is 11.3 Å². The third-order valence-electron chi connectivity index (χ3n) is 2.72. The molecular formula is C13H11BrN2O3S. The van der Waals surface area contributed by atoms with Gasteiger partial charge >= 0.3 is 0 Å². The summed E-state index contributed by atoms with van der Waals surface area (Å²) in [7, 11) is 1.63. The fourth-order valence-corrected chi connectivity index (χ4v) is 2.99. The highest BCUT2D eigenvalue weighted by atomic mass is 79.9. The molecule has 0 radical (unpaired) electrons.